The maximum Gasteiger partial charge on any atom is 0.165 e. The Morgan fingerprint density at radius 1 is 1.09 bits per heavy atom. The molecule has 1 saturated heterocycles. The van der Waals surface area contributed by atoms with Gasteiger partial charge < -0.3 is 14.7 Å². The normalized spacial score (nSPS) is 15.7. The monoisotopic (exact) mass is 316 g/mol. The second kappa shape index (κ2) is 6.87. The van der Waals surface area contributed by atoms with E-state index in [0.717, 1.165) is 43.2 Å². The summed E-state index contributed by atoms with van der Waals surface area (Å²) < 4.78 is 18.8. The first-order chi connectivity index (χ1) is 11.2. The Morgan fingerprint density at radius 2 is 1.83 bits per heavy atom. The van der Waals surface area contributed by atoms with Crippen LogP contribution in [0, 0.1) is 5.82 Å². The molecule has 122 valence electrons. The van der Waals surface area contributed by atoms with Crippen LogP contribution in [0.4, 0.5) is 10.1 Å². The van der Waals surface area contributed by atoms with Gasteiger partial charge in [-0.1, -0.05) is 18.2 Å². The summed E-state index contributed by atoms with van der Waals surface area (Å²) in [5, 5.41) is 9.25. The van der Waals surface area contributed by atoms with Crippen molar-refractivity contribution in [3.05, 3.63) is 53.8 Å². The topological polar surface area (TPSA) is 35.9 Å². The number of phenolic OH excluding ortho intramolecular Hbond substituents is 1. The van der Waals surface area contributed by atoms with E-state index in [2.05, 4.69) is 15.9 Å². The van der Waals surface area contributed by atoms with Crippen molar-refractivity contribution in [2.24, 2.45) is 0 Å². The third kappa shape index (κ3) is 3.56. The molecule has 0 radical (unpaired) electrons. The lowest BCUT2D eigenvalue weighted by Gasteiger charge is -2.36. The van der Waals surface area contributed by atoms with Gasteiger partial charge in [0.2, 0.25) is 0 Å². The minimum Gasteiger partial charge on any atom is -0.505 e. The average molecular weight is 316 g/mol. The van der Waals surface area contributed by atoms with Gasteiger partial charge in [-0.15, -0.1) is 0 Å². The van der Waals surface area contributed by atoms with Gasteiger partial charge in [0, 0.05) is 32.7 Å². The molecule has 0 unspecified atom stereocenters. The van der Waals surface area contributed by atoms with Gasteiger partial charge in [-0.05, 0) is 29.8 Å². The summed E-state index contributed by atoms with van der Waals surface area (Å²) in [6.45, 7) is 4.31. The van der Waals surface area contributed by atoms with E-state index >= 15 is 0 Å². The number of hydrogen-bond acceptors (Lipinski definition) is 4. The first-order valence-electron chi connectivity index (χ1n) is 7.75. The van der Waals surface area contributed by atoms with E-state index in [-0.39, 0.29) is 5.75 Å². The fraction of sp³-hybridized carbons (Fsp3) is 0.333. The minimum absolute atomic E-state index is 0.297. The van der Waals surface area contributed by atoms with Crippen LogP contribution in [0.1, 0.15) is 5.56 Å². The highest BCUT2D eigenvalue weighted by Gasteiger charge is 2.19. The van der Waals surface area contributed by atoms with Crippen LogP contribution in [0.15, 0.2) is 42.5 Å². The van der Waals surface area contributed by atoms with Crippen molar-refractivity contribution in [1.82, 2.24) is 4.90 Å². The van der Waals surface area contributed by atoms with E-state index < -0.39 is 5.82 Å². The lowest BCUT2D eigenvalue weighted by Crippen LogP contribution is -2.46. The van der Waals surface area contributed by atoms with Gasteiger partial charge >= 0.3 is 0 Å². The number of aromatic hydroxyl groups is 1. The first kappa shape index (κ1) is 15.6. The number of nitrogens with zero attached hydrogens (tertiary/aromatic N) is 2. The number of piperazine rings is 1. The summed E-state index contributed by atoms with van der Waals surface area (Å²) in [6, 6.07) is 12.6. The Balaban J connectivity index is 1.61. The second-order valence-corrected chi connectivity index (χ2v) is 5.72. The highest BCUT2D eigenvalue weighted by molar-refractivity contribution is 5.58. The molecule has 1 aliphatic heterocycles. The van der Waals surface area contributed by atoms with Crippen molar-refractivity contribution < 1.29 is 14.2 Å². The number of halogens is 1. The number of anilines is 1. The zero-order chi connectivity index (χ0) is 16.2. The smallest absolute Gasteiger partial charge is 0.165 e. The zero-order valence-electron chi connectivity index (χ0n) is 13.2. The van der Waals surface area contributed by atoms with E-state index in [0.29, 0.717) is 6.54 Å². The van der Waals surface area contributed by atoms with Crippen LogP contribution in [0.2, 0.25) is 0 Å². The number of ether oxygens (including phenoxy) is 1. The predicted molar refractivity (Wildman–Crippen MR) is 88.5 cm³/mol. The molecule has 23 heavy (non-hydrogen) atoms. The molecule has 1 aliphatic rings. The minimum atomic E-state index is -0.560. The quantitative estimate of drug-likeness (QED) is 0.941. The maximum atomic E-state index is 13.4. The van der Waals surface area contributed by atoms with E-state index in [1.807, 2.05) is 18.2 Å². The van der Waals surface area contributed by atoms with Crippen LogP contribution in [0.25, 0.3) is 0 Å². The lowest BCUT2D eigenvalue weighted by molar-refractivity contribution is 0.248. The van der Waals surface area contributed by atoms with Crippen LogP contribution in [0.3, 0.4) is 0 Å². The van der Waals surface area contributed by atoms with Gasteiger partial charge in [-0.3, -0.25) is 4.90 Å². The molecule has 4 nitrogen and oxygen atoms in total. The molecule has 1 fully saturated rings. The Kier molecular flexibility index (Phi) is 4.67. The predicted octanol–water partition coefficient (Wildman–Crippen LogP) is 2.86. The van der Waals surface area contributed by atoms with Crippen molar-refractivity contribution >= 4 is 5.69 Å². The highest BCUT2D eigenvalue weighted by atomic mass is 19.1. The summed E-state index contributed by atoms with van der Waals surface area (Å²) in [4.78, 5) is 4.60. The Labute approximate surface area is 135 Å². The summed E-state index contributed by atoms with van der Waals surface area (Å²) >= 11 is 0. The molecule has 2 aromatic carbocycles. The molecule has 0 amide bonds. The van der Waals surface area contributed by atoms with Crippen LogP contribution >= 0.6 is 0 Å². The lowest BCUT2D eigenvalue weighted by atomic mass is 10.1. The van der Waals surface area contributed by atoms with Gasteiger partial charge in [-0.25, -0.2) is 4.39 Å². The molecular formula is C18H21FN2O2. The summed E-state index contributed by atoms with van der Waals surface area (Å²) in [5.41, 5.74) is 2.00. The van der Waals surface area contributed by atoms with Crippen LogP contribution in [0.5, 0.6) is 11.5 Å². The molecule has 5 heteroatoms. The number of para-hydroxylation sites is 2. The third-order valence-electron chi connectivity index (χ3n) is 4.22. The van der Waals surface area contributed by atoms with Gasteiger partial charge in [0.05, 0.1) is 12.8 Å². The van der Waals surface area contributed by atoms with Crippen LogP contribution < -0.4 is 9.64 Å². The average Bonchev–Trinajstić information content (AvgIpc) is 2.59. The van der Waals surface area contributed by atoms with Crippen molar-refractivity contribution in [2.75, 3.05) is 38.2 Å². The Morgan fingerprint density at radius 3 is 2.52 bits per heavy atom. The van der Waals surface area contributed by atoms with Crippen LogP contribution in [-0.4, -0.2) is 43.3 Å². The number of phenols is 1. The van der Waals surface area contributed by atoms with Crippen molar-refractivity contribution in [2.45, 2.75) is 6.54 Å². The standard InChI is InChI=1S/C18H21FN2O2/c1-23-18-5-3-2-4-16(18)21-10-8-20(9-11-21)13-14-6-7-17(22)15(19)12-14/h2-7,12,22H,8-11,13H2,1H3. The largest absolute Gasteiger partial charge is 0.505 e. The molecule has 0 aromatic heterocycles. The second-order valence-electron chi connectivity index (χ2n) is 5.72. The zero-order valence-corrected chi connectivity index (χ0v) is 13.2. The molecule has 0 saturated carbocycles. The van der Waals surface area contributed by atoms with Gasteiger partial charge in [-0.2, -0.15) is 0 Å². The van der Waals surface area contributed by atoms with Gasteiger partial charge in [0.25, 0.3) is 0 Å². The third-order valence-corrected chi connectivity index (χ3v) is 4.22. The SMILES string of the molecule is COc1ccccc1N1CCN(Cc2ccc(O)c(F)c2)CC1. The van der Waals surface area contributed by atoms with Crippen molar-refractivity contribution in [1.29, 1.82) is 0 Å². The maximum absolute atomic E-state index is 13.4. The molecule has 1 heterocycles. The summed E-state index contributed by atoms with van der Waals surface area (Å²) in [6.07, 6.45) is 0. The summed E-state index contributed by atoms with van der Waals surface area (Å²) in [7, 11) is 1.69. The molecule has 1 N–H and O–H groups in total. The molecule has 0 atom stereocenters. The first-order valence-corrected chi connectivity index (χ1v) is 7.75. The molecule has 0 spiro atoms. The highest BCUT2D eigenvalue weighted by Crippen LogP contribution is 2.28. The number of methoxy groups -OCH3 is 1. The summed E-state index contributed by atoms with van der Waals surface area (Å²) in [5.74, 6) is 0.0338. The Hall–Kier alpha value is -2.27. The molecule has 0 aliphatic carbocycles. The molecule has 0 bridgehead atoms. The van der Waals surface area contributed by atoms with E-state index in [1.54, 1.807) is 13.2 Å². The fourth-order valence-electron chi connectivity index (χ4n) is 2.94. The number of hydrogen-bond donors (Lipinski definition) is 1. The molecule has 3 rings (SSSR count). The fourth-order valence-corrected chi connectivity index (χ4v) is 2.94. The van der Waals surface area contributed by atoms with E-state index in [9.17, 15) is 9.50 Å². The van der Waals surface area contributed by atoms with Crippen LogP contribution in [-0.2, 0) is 6.54 Å². The van der Waals surface area contributed by atoms with Gasteiger partial charge in [0.15, 0.2) is 11.6 Å². The molecule has 2 aromatic rings. The van der Waals surface area contributed by atoms with Gasteiger partial charge in [0.1, 0.15) is 5.75 Å². The molecular weight excluding hydrogens is 295 g/mol. The van der Waals surface area contributed by atoms with Crippen molar-refractivity contribution in [3.8, 4) is 11.5 Å². The van der Waals surface area contributed by atoms with Crippen molar-refractivity contribution in [3.63, 3.8) is 0 Å². The Bertz CT molecular complexity index is 670. The number of rotatable bonds is 4. The van der Waals surface area contributed by atoms with E-state index in [4.69, 9.17) is 4.74 Å². The number of benzene rings is 2. The van der Waals surface area contributed by atoms with E-state index in [1.165, 1.54) is 12.1 Å².